The molecular weight excluding hydrogens is 354 g/mol. The fourth-order valence-corrected chi connectivity index (χ4v) is 4.25. The third kappa shape index (κ3) is 3.92. The predicted molar refractivity (Wildman–Crippen MR) is 107 cm³/mol. The van der Waals surface area contributed by atoms with Crippen LogP contribution in [0.5, 0.6) is 17.5 Å². The molecule has 0 bridgehead atoms. The molecule has 6 nitrogen and oxygen atoms in total. The molecule has 1 saturated heterocycles. The number of fused-ring (bicyclic) bond motifs is 1. The molecule has 2 aliphatic rings. The Kier molecular flexibility index (Phi) is 5.40. The van der Waals surface area contributed by atoms with Crippen LogP contribution in [0.2, 0.25) is 0 Å². The van der Waals surface area contributed by atoms with Gasteiger partial charge in [0.15, 0.2) is 5.75 Å². The van der Waals surface area contributed by atoms with Gasteiger partial charge in [-0.15, -0.1) is 0 Å². The molecule has 0 saturated carbocycles. The summed E-state index contributed by atoms with van der Waals surface area (Å²) in [7, 11) is 1.67. The zero-order chi connectivity index (χ0) is 19.7. The summed E-state index contributed by atoms with van der Waals surface area (Å²) in [5, 5.41) is 0. The predicted octanol–water partition coefficient (Wildman–Crippen LogP) is 3.44. The lowest BCUT2D eigenvalue weighted by Crippen LogP contribution is -2.26. The number of nitrogens with zero attached hydrogens (tertiary/aromatic N) is 3. The summed E-state index contributed by atoms with van der Waals surface area (Å²) in [5.74, 6) is 3.30. The van der Waals surface area contributed by atoms with Gasteiger partial charge in [0, 0.05) is 30.9 Å². The molecule has 0 aromatic carbocycles. The Morgan fingerprint density at radius 3 is 2.82 bits per heavy atom. The molecule has 0 radical (unpaired) electrons. The van der Waals surface area contributed by atoms with Crippen LogP contribution >= 0.6 is 0 Å². The lowest BCUT2D eigenvalue weighted by Gasteiger charge is -2.25. The van der Waals surface area contributed by atoms with E-state index in [0.717, 1.165) is 36.6 Å². The van der Waals surface area contributed by atoms with Gasteiger partial charge in [-0.1, -0.05) is 6.92 Å². The summed E-state index contributed by atoms with van der Waals surface area (Å²) in [6, 6.07) is 8.53. The Balaban J connectivity index is 1.45. The maximum Gasteiger partial charge on any atom is 0.257 e. The largest absolute Gasteiger partial charge is 0.484 e. The molecule has 2 aliphatic heterocycles. The average Bonchev–Trinajstić information content (AvgIpc) is 3.06. The normalized spacial score (nSPS) is 22.9. The second kappa shape index (κ2) is 7.95. The minimum Gasteiger partial charge on any atom is -0.484 e. The summed E-state index contributed by atoms with van der Waals surface area (Å²) in [6.45, 7) is 9.88. The Hall–Kier alpha value is -2.34. The molecule has 6 heteroatoms. The number of hydrogen-bond donors (Lipinski definition) is 0. The van der Waals surface area contributed by atoms with Gasteiger partial charge >= 0.3 is 0 Å². The van der Waals surface area contributed by atoms with Crippen molar-refractivity contribution in [1.82, 2.24) is 14.9 Å². The molecule has 28 heavy (non-hydrogen) atoms. The van der Waals surface area contributed by atoms with E-state index >= 15 is 0 Å². The van der Waals surface area contributed by atoms with E-state index in [1.165, 1.54) is 5.56 Å². The fraction of sp³-hybridized carbons (Fsp3) is 0.545. The summed E-state index contributed by atoms with van der Waals surface area (Å²) >= 11 is 0. The van der Waals surface area contributed by atoms with Gasteiger partial charge in [0.2, 0.25) is 5.88 Å². The highest BCUT2D eigenvalue weighted by Gasteiger charge is 2.33. The molecule has 1 fully saturated rings. The number of aryl methyl sites for hydroxylation is 1. The third-order valence-corrected chi connectivity index (χ3v) is 5.90. The molecule has 4 heterocycles. The number of ether oxygens (including phenoxy) is 3. The molecule has 0 N–H and O–H groups in total. The monoisotopic (exact) mass is 383 g/mol. The van der Waals surface area contributed by atoms with E-state index in [9.17, 15) is 0 Å². The van der Waals surface area contributed by atoms with Crippen LogP contribution in [0.25, 0.3) is 0 Å². The second-order valence-corrected chi connectivity index (χ2v) is 7.97. The first-order valence-electron chi connectivity index (χ1n) is 10.1. The third-order valence-electron chi connectivity index (χ3n) is 5.90. The molecule has 0 spiro atoms. The minimum absolute atomic E-state index is 0.247. The van der Waals surface area contributed by atoms with Crippen molar-refractivity contribution in [1.29, 1.82) is 0 Å². The van der Waals surface area contributed by atoms with Crippen molar-refractivity contribution in [2.24, 2.45) is 11.8 Å². The molecule has 0 unspecified atom stereocenters. The molecule has 2 aromatic heterocycles. The van der Waals surface area contributed by atoms with E-state index in [1.54, 1.807) is 7.11 Å². The van der Waals surface area contributed by atoms with Crippen molar-refractivity contribution in [3.63, 3.8) is 0 Å². The number of pyridine rings is 2. The van der Waals surface area contributed by atoms with E-state index in [4.69, 9.17) is 19.2 Å². The van der Waals surface area contributed by atoms with Gasteiger partial charge in [0.1, 0.15) is 13.2 Å². The van der Waals surface area contributed by atoms with Crippen LogP contribution in [0, 0.1) is 18.8 Å². The standard InChI is InChI=1S/C22H29N3O3/c1-14-12-25(13-18(14)10-17-9-15(2)23-21(11-17)26-4)16(3)19-5-6-20-22(24-19)28-8-7-27-20/h5-6,9,11,14,16,18H,7-8,10,12-13H2,1-4H3/t14-,16-,18-/m1/s1. The van der Waals surface area contributed by atoms with Gasteiger partial charge in [0.05, 0.1) is 12.8 Å². The highest BCUT2D eigenvalue weighted by molar-refractivity contribution is 5.36. The van der Waals surface area contributed by atoms with Crippen molar-refractivity contribution in [3.8, 4) is 17.5 Å². The molecule has 150 valence electrons. The lowest BCUT2D eigenvalue weighted by atomic mass is 9.91. The molecule has 4 rings (SSSR count). The van der Waals surface area contributed by atoms with Crippen LogP contribution in [0.3, 0.4) is 0 Å². The van der Waals surface area contributed by atoms with E-state index in [2.05, 4.69) is 41.9 Å². The molecule has 0 aliphatic carbocycles. The van der Waals surface area contributed by atoms with Gasteiger partial charge in [-0.25, -0.2) is 9.97 Å². The number of hydrogen-bond acceptors (Lipinski definition) is 6. The first kappa shape index (κ1) is 19.0. The smallest absolute Gasteiger partial charge is 0.257 e. The van der Waals surface area contributed by atoms with Crippen molar-refractivity contribution < 1.29 is 14.2 Å². The topological polar surface area (TPSA) is 56.7 Å². The zero-order valence-electron chi connectivity index (χ0n) is 17.1. The first-order valence-corrected chi connectivity index (χ1v) is 10.1. The van der Waals surface area contributed by atoms with E-state index in [0.29, 0.717) is 36.8 Å². The van der Waals surface area contributed by atoms with E-state index < -0.39 is 0 Å². The van der Waals surface area contributed by atoms with Gasteiger partial charge in [-0.05, 0) is 55.9 Å². The van der Waals surface area contributed by atoms with Crippen molar-refractivity contribution in [2.75, 3.05) is 33.4 Å². The zero-order valence-corrected chi connectivity index (χ0v) is 17.1. The molecule has 0 amide bonds. The summed E-state index contributed by atoms with van der Waals surface area (Å²) in [4.78, 5) is 11.6. The maximum absolute atomic E-state index is 5.66. The Labute approximate surface area is 166 Å². The van der Waals surface area contributed by atoms with Crippen LogP contribution in [0.1, 0.15) is 36.8 Å². The lowest BCUT2D eigenvalue weighted by molar-refractivity contribution is 0.162. The summed E-state index contributed by atoms with van der Waals surface area (Å²) < 4.78 is 16.6. The van der Waals surface area contributed by atoms with E-state index in [1.807, 2.05) is 13.0 Å². The number of likely N-dealkylation sites (tertiary alicyclic amines) is 1. The Morgan fingerprint density at radius 2 is 2.00 bits per heavy atom. The Bertz CT molecular complexity index is 842. The van der Waals surface area contributed by atoms with Crippen molar-refractivity contribution in [3.05, 3.63) is 41.2 Å². The summed E-state index contributed by atoms with van der Waals surface area (Å²) in [6.07, 6.45) is 1.04. The van der Waals surface area contributed by atoms with Gasteiger partial charge in [0.25, 0.3) is 5.88 Å². The van der Waals surface area contributed by atoms with Gasteiger partial charge in [-0.3, -0.25) is 4.90 Å². The van der Waals surface area contributed by atoms with Crippen LogP contribution in [-0.2, 0) is 6.42 Å². The Morgan fingerprint density at radius 1 is 1.18 bits per heavy atom. The fourth-order valence-electron chi connectivity index (χ4n) is 4.25. The molecule has 3 atom stereocenters. The van der Waals surface area contributed by atoms with Crippen molar-refractivity contribution in [2.45, 2.75) is 33.2 Å². The highest BCUT2D eigenvalue weighted by atomic mass is 16.6. The number of rotatable bonds is 5. The van der Waals surface area contributed by atoms with Crippen LogP contribution in [-0.4, -0.2) is 48.3 Å². The van der Waals surface area contributed by atoms with E-state index in [-0.39, 0.29) is 6.04 Å². The van der Waals surface area contributed by atoms with Gasteiger partial charge < -0.3 is 14.2 Å². The molecular formula is C22H29N3O3. The summed E-state index contributed by atoms with van der Waals surface area (Å²) in [5.41, 5.74) is 3.34. The number of methoxy groups -OCH3 is 1. The van der Waals surface area contributed by atoms with Crippen LogP contribution < -0.4 is 14.2 Å². The quantitative estimate of drug-likeness (QED) is 0.788. The highest BCUT2D eigenvalue weighted by Crippen LogP contribution is 2.35. The first-order chi connectivity index (χ1) is 13.5. The number of aromatic nitrogens is 2. The van der Waals surface area contributed by atoms with Crippen molar-refractivity contribution >= 4 is 0 Å². The average molecular weight is 383 g/mol. The van der Waals surface area contributed by atoms with Crippen LogP contribution in [0.4, 0.5) is 0 Å². The van der Waals surface area contributed by atoms with Gasteiger partial charge in [-0.2, -0.15) is 0 Å². The maximum atomic E-state index is 5.66. The minimum atomic E-state index is 0.247. The van der Waals surface area contributed by atoms with Crippen LogP contribution in [0.15, 0.2) is 24.3 Å². The molecule has 2 aromatic rings. The second-order valence-electron chi connectivity index (χ2n) is 7.97. The SMILES string of the molecule is COc1cc(C[C@@H]2CN([C@H](C)c3ccc4c(n3)OCCO4)C[C@H]2C)cc(C)n1.